The number of benzene rings is 3. The highest BCUT2D eigenvalue weighted by molar-refractivity contribution is 9.10. The Balaban J connectivity index is 2.67. The topological polar surface area (TPSA) is 0 Å². The number of halogens is 1. The van der Waals surface area contributed by atoms with Crippen LogP contribution in [0, 0.1) is 13.8 Å². The molecule has 0 heterocycles. The first-order chi connectivity index (χ1) is 8.18. The van der Waals surface area contributed by atoms with Crippen molar-refractivity contribution in [1.82, 2.24) is 0 Å². The van der Waals surface area contributed by atoms with E-state index in [1.807, 2.05) is 0 Å². The lowest BCUT2D eigenvalue weighted by Crippen LogP contribution is -1.86. The summed E-state index contributed by atoms with van der Waals surface area (Å²) in [5, 5.41) is 5.38. The van der Waals surface area contributed by atoms with Crippen molar-refractivity contribution in [3.8, 4) is 0 Å². The number of aryl methyl sites for hydroxylation is 2. The fourth-order valence-electron chi connectivity index (χ4n) is 2.53. The Labute approximate surface area is 109 Å². The van der Waals surface area contributed by atoms with E-state index in [1.165, 1.54) is 37.1 Å². The Bertz CT molecular complexity index is 726. The van der Waals surface area contributed by atoms with Crippen molar-refractivity contribution >= 4 is 37.5 Å². The summed E-state index contributed by atoms with van der Waals surface area (Å²) in [4.78, 5) is 0. The van der Waals surface area contributed by atoms with Gasteiger partial charge < -0.3 is 0 Å². The number of hydrogen-bond acceptors (Lipinski definition) is 0. The zero-order valence-corrected chi connectivity index (χ0v) is 11.5. The van der Waals surface area contributed by atoms with Gasteiger partial charge in [0, 0.05) is 4.47 Å². The van der Waals surface area contributed by atoms with E-state index in [9.17, 15) is 0 Å². The van der Waals surface area contributed by atoms with Crippen molar-refractivity contribution in [3.63, 3.8) is 0 Å². The van der Waals surface area contributed by atoms with Crippen molar-refractivity contribution in [2.24, 2.45) is 0 Å². The van der Waals surface area contributed by atoms with Gasteiger partial charge in [-0.1, -0.05) is 52.3 Å². The highest BCUT2D eigenvalue weighted by Crippen LogP contribution is 2.33. The first kappa shape index (κ1) is 10.8. The van der Waals surface area contributed by atoms with Gasteiger partial charge in [0.05, 0.1) is 0 Å². The number of hydrogen-bond donors (Lipinski definition) is 0. The SMILES string of the molecule is Cc1cccc2ccc3ccc(Br)c(C)c3c12. The molecule has 84 valence electrons. The van der Waals surface area contributed by atoms with Gasteiger partial charge in [0.1, 0.15) is 0 Å². The van der Waals surface area contributed by atoms with Gasteiger partial charge in [0.15, 0.2) is 0 Å². The molecule has 0 aliphatic rings. The summed E-state index contributed by atoms with van der Waals surface area (Å²) in [6.07, 6.45) is 0. The van der Waals surface area contributed by atoms with E-state index in [4.69, 9.17) is 0 Å². The van der Waals surface area contributed by atoms with Crippen molar-refractivity contribution in [3.05, 3.63) is 58.1 Å². The normalized spacial score (nSPS) is 11.2. The van der Waals surface area contributed by atoms with Crippen LogP contribution in [-0.4, -0.2) is 0 Å². The molecule has 0 saturated heterocycles. The monoisotopic (exact) mass is 284 g/mol. The summed E-state index contributed by atoms with van der Waals surface area (Å²) in [5.74, 6) is 0. The van der Waals surface area contributed by atoms with Crippen molar-refractivity contribution in [2.45, 2.75) is 13.8 Å². The molecule has 0 amide bonds. The number of fused-ring (bicyclic) bond motifs is 3. The fourth-order valence-corrected chi connectivity index (χ4v) is 2.86. The lowest BCUT2D eigenvalue weighted by atomic mass is 9.95. The quantitative estimate of drug-likeness (QED) is 0.487. The molecule has 0 atom stereocenters. The minimum absolute atomic E-state index is 1.18. The van der Waals surface area contributed by atoms with Crippen LogP contribution in [0.5, 0.6) is 0 Å². The van der Waals surface area contributed by atoms with Gasteiger partial charge in [0.2, 0.25) is 0 Å². The number of rotatable bonds is 0. The van der Waals surface area contributed by atoms with Crippen LogP contribution < -0.4 is 0 Å². The van der Waals surface area contributed by atoms with E-state index in [0.29, 0.717) is 0 Å². The maximum atomic E-state index is 3.63. The zero-order chi connectivity index (χ0) is 12.0. The standard InChI is InChI=1S/C16H13Br/c1-10-4-3-5-12-6-7-13-8-9-14(17)11(2)16(13)15(10)12/h3-9H,1-2H3. The van der Waals surface area contributed by atoms with E-state index in [1.54, 1.807) is 0 Å². The molecule has 0 fully saturated rings. The third-order valence-corrected chi connectivity index (χ3v) is 4.29. The first-order valence-electron chi connectivity index (χ1n) is 5.75. The third-order valence-electron chi connectivity index (χ3n) is 3.43. The molecule has 0 spiro atoms. The van der Waals surface area contributed by atoms with Crippen LogP contribution in [0.2, 0.25) is 0 Å². The highest BCUT2D eigenvalue weighted by atomic mass is 79.9. The molecule has 1 heteroatoms. The Kier molecular flexibility index (Phi) is 2.44. The highest BCUT2D eigenvalue weighted by Gasteiger charge is 2.07. The van der Waals surface area contributed by atoms with E-state index in [2.05, 4.69) is 72.2 Å². The van der Waals surface area contributed by atoms with Crippen LogP contribution >= 0.6 is 15.9 Å². The molecular weight excluding hydrogens is 272 g/mol. The second-order valence-electron chi connectivity index (χ2n) is 4.51. The Morgan fingerprint density at radius 3 is 2.18 bits per heavy atom. The molecular formula is C16H13Br. The summed E-state index contributed by atoms with van der Waals surface area (Å²) in [6.45, 7) is 4.36. The average molecular weight is 285 g/mol. The summed E-state index contributed by atoms with van der Waals surface area (Å²) >= 11 is 3.63. The van der Waals surface area contributed by atoms with Gasteiger partial charge >= 0.3 is 0 Å². The van der Waals surface area contributed by atoms with Gasteiger partial charge in [-0.25, -0.2) is 0 Å². The molecule has 0 radical (unpaired) electrons. The van der Waals surface area contributed by atoms with Gasteiger partial charge in [-0.05, 0) is 52.6 Å². The second kappa shape index (κ2) is 3.85. The van der Waals surface area contributed by atoms with E-state index in [0.717, 1.165) is 0 Å². The molecule has 0 bridgehead atoms. The molecule has 17 heavy (non-hydrogen) atoms. The maximum Gasteiger partial charge on any atom is 0.0211 e. The summed E-state index contributed by atoms with van der Waals surface area (Å²) < 4.78 is 1.18. The second-order valence-corrected chi connectivity index (χ2v) is 5.36. The van der Waals surface area contributed by atoms with Crippen LogP contribution in [0.1, 0.15) is 11.1 Å². The van der Waals surface area contributed by atoms with E-state index >= 15 is 0 Å². The van der Waals surface area contributed by atoms with Gasteiger partial charge in [-0.15, -0.1) is 0 Å². The van der Waals surface area contributed by atoms with E-state index < -0.39 is 0 Å². The van der Waals surface area contributed by atoms with Crippen molar-refractivity contribution < 1.29 is 0 Å². The molecule has 0 nitrogen and oxygen atoms in total. The van der Waals surface area contributed by atoms with Crippen LogP contribution in [0.15, 0.2) is 46.9 Å². The third kappa shape index (κ3) is 1.57. The molecule has 0 unspecified atom stereocenters. The van der Waals surface area contributed by atoms with E-state index in [-0.39, 0.29) is 0 Å². The van der Waals surface area contributed by atoms with Gasteiger partial charge in [0.25, 0.3) is 0 Å². The molecule has 3 rings (SSSR count). The maximum absolute atomic E-state index is 3.63. The predicted molar refractivity (Wildman–Crippen MR) is 78.6 cm³/mol. The smallest absolute Gasteiger partial charge is 0.0211 e. The zero-order valence-electron chi connectivity index (χ0n) is 9.92. The first-order valence-corrected chi connectivity index (χ1v) is 6.55. The predicted octanol–water partition coefficient (Wildman–Crippen LogP) is 5.37. The van der Waals surface area contributed by atoms with Gasteiger partial charge in [-0.3, -0.25) is 0 Å². The minimum atomic E-state index is 1.18. The van der Waals surface area contributed by atoms with Crippen LogP contribution in [0.4, 0.5) is 0 Å². The Morgan fingerprint density at radius 1 is 0.765 bits per heavy atom. The lowest BCUT2D eigenvalue weighted by molar-refractivity contribution is 1.48. The lowest BCUT2D eigenvalue weighted by Gasteiger charge is -2.10. The van der Waals surface area contributed by atoms with Gasteiger partial charge in [-0.2, -0.15) is 0 Å². The molecule has 3 aromatic rings. The summed E-state index contributed by atoms with van der Waals surface area (Å²) in [6, 6.07) is 15.2. The molecule has 3 aromatic carbocycles. The van der Waals surface area contributed by atoms with Crippen molar-refractivity contribution in [1.29, 1.82) is 0 Å². The molecule has 0 aromatic heterocycles. The molecule has 0 aliphatic heterocycles. The Hall–Kier alpha value is -1.34. The molecule has 0 aliphatic carbocycles. The van der Waals surface area contributed by atoms with Crippen LogP contribution in [0.25, 0.3) is 21.5 Å². The summed E-state index contributed by atoms with van der Waals surface area (Å²) in [7, 11) is 0. The summed E-state index contributed by atoms with van der Waals surface area (Å²) in [5.41, 5.74) is 2.66. The Morgan fingerprint density at radius 2 is 1.41 bits per heavy atom. The minimum Gasteiger partial charge on any atom is -0.0614 e. The van der Waals surface area contributed by atoms with Crippen LogP contribution in [-0.2, 0) is 0 Å². The van der Waals surface area contributed by atoms with Crippen molar-refractivity contribution in [2.75, 3.05) is 0 Å². The van der Waals surface area contributed by atoms with Crippen LogP contribution in [0.3, 0.4) is 0 Å². The molecule has 0 saturated carbocycles. The average Bonchev–Trinajstić information content (AvgIpc) is 2.34. The molecule has 0 N–H and O–H groups in total. The fraction of sp³-hybridized carbons (Fsp3) is 0.125. The largest absolute Gasteiger partial charge is 0.0614 e.